The summed E-state index contributed by atoms with van der Waals surface area (Å²) in [7, 11) is 0. The summed E-state index contributed by atoms with van der Waals surface area (Å²) in [5.74, 6) is 0.581. The lowest BCUT2D eigenvalue weighted by Crippen LogP contribution is -2.65. The Morgan fingerprint density at radius 3 is 3.00 bits per heavy atom. The van der Waals surface area contributed by atoms with E-state index in [9.17, 15) is 4.79 Å². The first-order valence-electron chi connectivity index (χ1n) is 10.1. The standard InChI is InChI=1S/C17H32ClN7O/c1-2-12-11(4-3-6-19-12)9-25-14-5-7-24(10-13(14)21-23-25)15-8-20-22-17(26)16(15)18/h11-16,19-21,23H,2-10H2,1H3,(H,22,26). The molecule has 5 N–H and O–H groups in total. The van der Waals surface area contributed by atoms with Crippen molar-refractivity contribution in [3.63, 3.8) is 0 Å². The van der Waals surface area contributed by atoms with Gasteiger partial charge in [0.1, 0.15) is 5.38 Å². The minimum atomic E-state index is -0.489. The Morgan fingerprint density at radius 2 is 2.15 bits per heavy atom. The third-order valence-corrected chi connectivity index (χ3v) is 7.07. The second-order valence-electron chi connectivity index (χ2n) is 8.08. The van der Waals surface area contributed by atoms with Crippen LogP contribution in [-0.2, 0) is 4.79 Å². The molecular formula is C17H32ClN7O. The molecule has 148 valence electrons. The van der Waals surface area contributed by atoms with Crippen molar-refractivity contribution in [2.45, 2.75) is 62.2 Å². The van der Waals surface area contributed by atoms with Crippen molar-refractivity contribution in [2.75, 3.05) is 32.7 Å². The number of nitrogens with zero attached hydrogens (tertiary/aromatic N) is 2. The van der Waals surface area contributed by atoms with Crippen LogP contribution in [0.1, 0.15) is 32.6 Å². The van der Waals surface area contributed by atoms with Gasteiger partial charge in [0, 0.05) is 44.3 Å². The zero-order valence-corrected chi connectivity index (χ0v) is 16.3. The highest BCUT2D eigenvalue weighted by molar-refractivity contribution is 6.31. The molecule has 9 heteroatoms. The van der Waals surface area contributed by atoms with Gasteiger partial charge in [-0.2, -0.15) is 5.53 Å². The zero-order chi connectivity index (χ0) is 18.1. The summed E-state index contributed by atoms with van der Waals surface area (Å²) in [5.41, 5.74) is 12.5. The van der Waals surface area contributed by atoms with E-state index in [1.807, 2.05) is 0 Å². The number of halogens is 1. The summed E-state index contributed by atoms with van der Waals surface area (Å²) in [5, 5.41) is 5.62. The van der Waals surface area contributed by atoms with Crippen molar-refractivity contribution < 1.29 is 4.79 Å². The summed E-state index contributed by atoms with van der Waals surface area (Å²) in [6.45, 7) is 7.11. The fraction of sp³-hybridized carbons (Fsp3) is 0.941. The third-order valence-electron chi connectivity index (χ3n) is 6.58. The maximum absolute atomic E-state index is 11.8. The van der Waals surface area contributed by atoms with E-state index in [4.69, 9.17) is 11.6 Å². The number of nitrogens with one attached hydrogen (secondary N) is 5. The Hall–Kier alpha value is -0.480. The number of carbonyl (C=O) groups is 1. The number of piperidine rings is 2. The van der Waals surface area contributed by atoms with Crippen LogP contribution in [-0.4, -0.2) is 78.1 Å². The van der Waals surface area contributed by atoms with Crippen molar-refractivity contribution in [1.82, 2.24) is 37.0 Å². The van der Waals surface area contributed by atoms with Crippen LogP contribution >= 0.6 is 11.6 Å². The lowest BCUT2D eigenvalue weighted by atomic mass is 9.88. The molecule has 0 aromatic heterocycles. The van der Waals surface area contributed by atoms with E-state index >= 15 is 0 Å². The normalized spacial score (nSPS) is 42.5. The summed E-state index contributed by atoms with van der Waals surface area (Å²) in [4.78, 5) is 14.2. The van der Waals surface area contributed by atoms with Crippen LogP contribution in [0.5, 0.6) is 0 Å². The van der Waals surface area contributed by atoms with E-state index in [-0.39, 0.29) is 11.9 Å². The van der Waals surface area contributed by atoms with Gasteiger partial charge >= 0.3 is 0 Å². The molecule has 0 saturated carbocycles. The van der Waals surface area contributed by atoms with Crippen LogP contribution in [0.3, 0.4) is 0 Å². The molecule has 4 heterocycles. The van der Waals surface area contributed by atoms with Gasteiger partial charge in [-0.3, -0.25) is 15.1 Å². The summed E-state index contributed by atoms with van der Waals surface area (Å²) in [6, 6.07) is 1.56. The fourth-order valence-electron chi connectivity index (χ4n) is 5.08. The number of hydrogen-bond acceptors (Lipinski definition) is 7. The van der Waals surface area contributed by atoms with E-state index < -0.39 is 5.38 Å². The monoisotopic (exact) mass is 385 g/mol. The van der Waals surface area contributed by atoms with Crippen LogP contribution in [0.25, 0.3) is 0 Å². The Kier molecular flexibility index (Phi) is 5.99. The summed E-state index contributed by atoms with van der Waals surface area (Å²) >= 11 is 6.35. The van der Waals surface area contributed by atoms with Crippen molar-refractivity contribution >= 4 is 17.5 Å². The molecule has 1 amide bonds. The second-order valence-corrected chi connectivity index (χ2v) is 8.55. The molecule has 8 nitrogen and oxygen atoms in total. The van der Waals surface area contributed by atoms with Gasteiger partial charge < -0.3 is 5.32 Å². The molecule has 26 heavy (non-hydrogen) atoms. The highest BCUT2D eigenvalue weighted by atomic mass is 35.5. The number of hydrazine groups is 3. The van der Waals surface area contributed by atoms with Gasteiger partial charge in [-0.1, -0.05) is 6.92 Å². The van der Waals surface area contributed by atoms with E-state index in [1.54, 1.807) is 0 Å². The predicted molar refractivity (Wildman–Crippen MR) is 101 cm³/mol. The second kappa shape index (κ2) is 8.26. The van der Waals surface area contributed by atoms with E-state index in [0.29, 0.717) is 30.6 Å². The maximum Gasteiger partial charge on any atom is 0.253 e. The van der Waals surface area contributed by atoms with E-state index in [2.05, 4.69) is 44.0 Å². The lowest BCUT2D eigenvalue weighted by molar-refractivity contribution is -0.125. The quantitative estimate of drug-likeness (QED) is 0.403. The highest BCUT2D eigenvalue weighted by Crippen LogP contribution is 2.27. The van der Waals surface area contributed by atoms with Gasteiger partial charge in [0.2, 0.25) is 0 Å². The minimum absolute atomic E-state index is 0.0502. The Balaban J connectivity index is 1.34. The Morgan fingerprint density at radius 1 is 1.27 bits per heavy atom. The van der Waals surface area contributed by atoms with Crippen LogP contribution in [0.2, 0.25) is 0 Å². The van der Waals surface area contributed by atoms with Crippen LogP contribution in [0.4, 0.5) is 0 Å². The topological polar surface area (TPSA) is 83.7 Å². The number of fused-ring (bicyclic) bond motifs is 1. The lowest BCUT2D eigenvalue weighted by Gasteiger charge is -2.43. The van der Waals surface area contributed by atoms with Crippen molar-refractivity contribution in [2.24, 2.45) is 5.92 Å². The molecule has 0 aromatic rings. The predicted octanol–water partition coefficient (Wildman–Crippen LogP) is -0.857. The molecule has 4 aliphatic rings. The maximum atomic E-state index is 11.8. The first-order chi connectivity index (χ1) is 12.7. The molecule has 6 atom stereocenters. The number of carbonyl (C=O) groups excluding carboxylic acids is 1. The van der Waals surface area contributed by atoms with Crippen LogP contribution in [0, 0.1) is 5.92 Å². The first-order valence-corrected chi connectivity index (χ1v) is 10.5. The van der Waals surface area contributed by atoms with Gasteiger partial charge in [-0.05, 0) is 38.1 Å². The number of hydrogen-bond donors (Lipinski definition) is 5. The van der Waals surface area contributed by atoms with Gasteiger partial charge in [-0.15, -0.1) is 11.6 Å². The average Bonchev–Trinajstić information content (AvgIpc) is 3.06. The molecule has 4 saturated heterocycles. The summed E-state index contributed by atoms with van der Waals surface area (Å²) < 4.78 is 0. The third kappa shape index (κ3) is 3.73. The van der Waals surface area contributed by atoms with Gasteiger partial charge in [0.05, 0.1) is 6.04 Å². The highest BCUT2D eigenvalue weighted by Gasteiger charge is 2.43. The van der Waals surface area contributed by atoms with Crippen LogP contribution < -0.4 is 27.1 Å². The van der Waals surface area contributed by atoms with Crippen molar-refractivity contribution in [1.29, 1.82) is 0 Å². The molecule has 4 aliphatic heterocycles. The molecule has 4 fully saturated rings. The molecule has 4 rings (SSSR count). The molecule has 0 spiro atoms. The Labute approximate surface area is 160 Å². The first kappa shape index (κ1) is 18.9. The summed E-state index contributed by atoms with van der Waals surface area (Å²) in [6.07, 6.45) is 4.87. The number of rotatable bonds is 4. The van der Waals surface area contributed by atoms with Gasteiger partial charge in [-0.25, -0.2) is 15.9 Å². The fourth-order valence-corrected chi connectivity index (χ4v) is 5.39. The molecule has 0 aliphatic carbocycles. The molecule has 0 aromatic carbocycles. The van der Waals surface area contributed by atoms with Crippen LogP contribution in [0.15, 0.2) is 0 Å². The molecule has 6 unspecified atom stereocenters. The van der Waals surface area contributed by atoms with Gasteiger partial charge in [0.15, 0.2) is 0 Å². The zero-order valence-electron chi connectivity index (χ0n) is 15.5. The number of likely N-dealkylation sites (tertiary alicyclic amines) is 1. The minimum Gasteiger partial charge on any atom is -0.314 e. The van der Waals surface area contributed by atoms with Crippen molar-refractivity contribution in [3.8, 4) is 0 Å². The molecule has 0 radical (unpaired) electrons. The smallest absolute Gasteiger partial charge is 0.253 e. The number of alkyl halides is 1. The molecular weight excluding hydrogens is 354 g/mol. The SMILES string of the molecule is CCC1NCCCC1CN1NNC2CN(C3CNNC(=O)C3Cl)CCC21. The van der Waals surface area contributed by atoms with E-state index in [1.165, 1.54) is 19.3 Å². The number of amides is 1. The Bertz CT molecular complexity index is 510. The van der Waals surface area contributed by atoms with Gasteiger partial charge in [0.25, 0.3) is 5.91 Å². The average molecular weight is 386 g/mol. The largest absolute Gasteiger partial charge is 0.314 e. The molecule has 0 bridgehead atoms. The van der Waals surface area contributed by atoms with Crippen molar-refractivity contribution in [3.05, 3.63) is 0 Å². The van der Waals surface area contributed by atoms with E-state index in [0.717, 1.165) is 32.6 Å².